The van der Waals surface area contributed by atoms with Crippen LogP contribution in [-0.4, -0.2) is 37.7 Å². The van der Waals surface area contributed by atoms with Gasteiger partial charge in [0.15, 0.2) is 5.82 Å². The Morgan fingerprint density at radius 2 is 1.83 bits per heavy atom. The highest BCUT2D eigenvalue weighted by atomic mass is 15.3. The number of rotatable bonds is 3. The van der Waals surface area contributed by atoms with E-state index in [4.69, 9.17) is 4.98 Å². The zero-order valence-electron chi connectivity index (χ0n) is 14.0. The fourth-order valence-electron chi connectivity index (χ4n) is 3.07. The number of fused-ring (bicyclic) bond motifs is 1. The zero-order chi connectivity index (χ0) is 16.5. The third-order valence-electron chi connectivity index (χ3n) is 4.22. The highest BCUT2D eigenvalue weighted by Crippen LogP contribution is 2.18. The molecular weight excluding hydrogens is 300 g/mol. The van der Waals surface area contributed by atoms with Crippen LogP contribution in [-0.2, 0) is 0 Å². The Kier molecular flexibility index (Phi) is 3.72. The van der Waals surface area contributed by atoms with Crippen LogP contribution in [0.1, 0.15) is 35.7 Å². The van der Waals surface area contributed by atoms with Crippen molar-refractivity contribution in [2.24, 2.45) is 0 Å². The molecule has 24 heavy (non-hydrogen) atoms. The Labute approximate surface area is 140 Å². The maximum absolute atomic E-state index is 4.72. The molecule has 0 atom stereocenters. The summed E-state index contributed by atoms with van der Waals surface area (Å²) in [6.07, 6.45) is 6.34. The fraction of sp³-hybridized carbons (Fsp3) is 0.333. The van der Waals surface area contributed by atoms with E-state index in [0.29, 0.717) is 11.6 Å². The van der Waals surface area contributed by atoms with E-state index < -0.39 is 0 Å². The Bertz CT molecular complexity index is 905. The van der Waals surface area contributed by atoms with Crippen LogP contribution in [0.5, 0.6) is 0 Å². The van der Waals surface area contributed by atoms with Gasteiger partial charge in [0.25, 0.3) is 5.78 Å². The summed E-state index contributed by atoms with van der Waals surface area (Å²) < 4.78 is 1.76. The van der Waals surface area contributed by atoms with Gasteiger partial charge in [-0.15, -0.1) is 5.10 Å². The van der Waals surface area contributed by atoms with Crippen molar-refractivity contribution in [3.63, 3.8) is 0 Å². The first kappa shape index (κ1) is 14.8. The molecule has 1 saturated heterocycles. The Morgan fingerprint density at radius 3 is 2.67 bits per heavy atom. The molecule has 0 amide bonds. The molecule has 1 aliphatic heterocycles. The third-order valence-corrected chi connectivity index (χ3v) is 4.22. The number of aryl methyl sites for hydroxylation is 2. The summed E-state index contributed by atoms with van der Waals surface area (Å²) in [6, 6.07) is 8.12. The maximum atomic E-state index is 4.72. The van der Waals surface area contributed by atoms with Gasteiger partial charge in [0.1, 0.15) is 5.82 Å². The lowest BCUT2D eigenvalue weighted by Crippen LogP contribution is -2.18. The minimum Gasteiger partial charge on any atom is -0.357 e. The topological polar surface area (TPSA) is 59.2 Å². The molecule has 0 aromatic carbocycles. The minimum absolute atomic E-state index is 0.630. The van der Waals surface area contributed by atoms with Crippen LogP contribution >= 0.6 is 0 Å². The van der Waals surface area contributed by atoms with E-state index in [9.17, 15) is 0 Å². The van der Waals surface area contributed by atoms with Crippen LogP contribution in [0.15, 0.2) is 24.3 Å². The quantitative estimate of drug-likeness (QED) is 0.742. The molecule has 6 heteroatoms. The summed E-state index contributed by atoms with van der Waals surface area (Å²) in [6.45, 7) is 6.16. The Morgan fingerprint density at radius 1 is 1.00 bits per heavy atom. The first-order valence-corrected chi connectivity index (χ1v) is 8.30. The lowest BCUT2D eigenvalue weighted by atomic mass is 10.3. The van der Waals surface area contributed by atoms with Crippen molar-refractivity contribution in [2.75, 3.05) is 18.0 Å². The van der Waals surface area contributed by atoms with Crippen LogP contribution < -0.4 is 4.90 Å². The second-order valence-corrected chi connectivity index (χ2v) is 6.17. The van der Waals surface area contributed by atoms with Gasteiger partial charge in [-0.05, 0) is 57.0 Å². The molecule has 4 heterocycles. The first-order valence-electron chi connectivity index (χ1n) is 8.30. The van der Waals surface area contributed by atoms with Crippen LogP contribution in [0.3, 0.4) is 0 Å². The maximum Gasteiger partial charge on any atom is 0.253 e. The first-order chi connectivity index (χ1) is 11.7. The van der Waals surface area contributed by atoms with Crippen LogP contribution in [0.25, 0.3) is 17.9 Å². The lowest BCUT2D eigenvalue weighted by Gasteiger charge is -2.16. The van der Waals surface area contributed by atoms with Gasteiger partial charge in [0.05, 0.1) is 5.69 Å². The molecule has 0 bridgehead atoms. The van der Waals surface area contributed by atoms with E-state index >= 15 is 0 Å². The summed E-state index contributed by atoms with van der Waals surface area (Å²) >= 11 is 0. The molecule has 6 nitrogen and oxygen atoms in total. The molecule has 1 aliphatic rings. The van der Waals surface area contributed by atoms with Gasteiger partial charge in [0.2, 0.25) is 0 Å². The average Bonchev–Trinajstić information content (AvgIpc) is 3.23. The van der Waals surface area contributed by atoms with Crippen LogP contribution in [0.4, 0.5) is 5.82 Å². The van der Waals surface area contributed by atoms with Gasteiger partial charge >= 0.3 is 0 Å². The standard InChI is InChI=1S/C18H20N6/c1-13-12-14(2)24-18(19-13)21-16(22-24)9-8-15-6-5-7-17(20-15)23-10-3-4-11-23/h5-9,12H,3-4,10-11H2,1-2H3/b9-8+. The van der Waals surface area contributed by atoms with E-state index in [-0.39, 0.29) is 0 Å². The number of hydrogen-bond donors (Lipinski definition) is 0. The lowest BCUT2D eigenvalue weighted by molar-refractivity contribution is 0.881. The zero-order valence-corrected chi connectivity index (χ0v) is 14.0. The molecule has 0 unspecified atom stereocenters. The smallest absolute Gasteiger partial charge is 0.253 e. The van der Waals surface area contributed by atoms with E-state index in [1.54, 1.807) is 4.52 Å². The normalized spacial score (nSPS) is 15.0. The summed E-state index contributed by atoms with van der Waals surface area (Å²) in [5, 5.41) is 4.49. The molecule has 0 spiro atoms. The summed E-state index contributed by atoms with van der Waals surface area (Å²) in [5.41, 5.74) is 2.89. The fourth-order valence-corrected chi connectivity index (χ4v) is 3.07. The van der Waals surface area contributed by atoms with E-state index in [1.165, 1.54) is 12.8 Å². The van der Waals surface area contributed by atoms with E-state index in [2.05, 4.69) is 26.0 Å². The molecular formula is C18H20N6. The number of aromatic nitrogens is 5. The van der Waals surface area contributed by atoms with Crippen molar-refractivity contribution in [3.8, 4) is 0 Å². The van der Waals surface area contributed by atoms with Gasteiger partial charge in [-0.1, -0.05) is 6.07 Å². The predicted molar refractivity (Wildman–Crippen MR) is 94.9 cm³/mol. The number of pyridine rings is 1. The molecule has 3 aromatic rings. The largest absolute Gasteiger partial charge is 0.357 e. The van der Waals surface area contributed by atoms with Crippen molar-refractivity contribution in [1.29, 1.82) is 0 Å². The van der Waals surface area contributed by atoms with Gasteiger partial charge in [-0.2, -0.15) is 4.98 Å². The van der Waals surface area contributed by atoms with Gasteiger partial charge < -0.3 is 4.90 Å². The van der Waals surface area contributed by atoms with Crippen LogP contribution in [0, 0.1) is 13.8 Å². The van der Waals surface area contributed by atoms with E-state index in [1.807, 2.05) is 44.2 Å². The van der Waals surface area contributed by atoms with Crippen molar-refractivity contribution in [1.82, 2.24) is 24.6 Å². The molecule has 0 N–H and O–H groups in total. The summed E-state index contributed by atoms with van der Waals surface area (Å²) in [4.78, 5) is 15.9. The molecule has 3 aromatic heterocycles. The minimum atomic E-state index is 0.630. The predicted octanol–water partition coefficient (Wildman–Crippen LogP) is 2.91. The van der Waals surface area contributed by atoms with Crippen molar-refractivity contribution >= 4 is 23.7 Å². The van der Waals surface area contributed by atoms with Crippen molar-refractivity contribution < 1.29 is 0 Å². The Balaban J connectivity index is 1.61. The third kappa shape index (κ3) is 2.87. The second kappa shape index (κ2) is 6.03. The highest BCUT2D eigenvalue weighted by Gasteiger charge is 2.13. The van der Waals surface area contributed by atoms with Gasteiger partial charge in [-0.3, -0.25) is 0 Å². The van der Waals surface area contributed by atoms with Crippen molar-refractivity contribution in [2.45, 2.75) is 26.7 Å². The number of nitrogens with zero attached hydrogens (tertiary/aromatic N) is 6. The second-order valence-electron chi connectivity index (χ2n) is 6.17. The monoisotopic (exact) mass is 320 g/mol. The molecule has 0 radical (unpaired) electrons. The highest BCUT2D eigenvalue weighted by molar-refractivity contribution is 5.66. The molecule has 0 aliphatic carbocycles. The number of hydrogen-bond acceptors (Lipinski definition) is 5. The van der Waals surface area contributed by atoms with E-state index in [0.717, 1.165) is 36.0 Å². The molecule has 122 valence electrons. The Hall–Kier alpha value is -2.76. The van der Waals surface area contributed by atoms with Gasteiger partial charge in [-0.25, -0.2) is 14.5 Å². The molecule has 1 fully saturated rings. The summed E-state index contributed by atoms with van der Waals surface area (Å²) in [7, 11) is 0. The van der Waals surface area contributed by atoms with Crippen LogP contribution in [0.2, 0.25) is 0 Å². The molecule has 4 rings (SSSR count). The van der Waals surface area contributed by atoms with Gasteiger partial charge in [0, 0.05) is 24.5 Å². The van der Waals surface area contributed by atoms with Crippen molar-refractivity contribution in [3.05, 3.63) is 47.2 Å². The molecule has 0 saturated carbocycles. The summed E-state index contributed by atoms with van der Waals surface area (Å²) in [5.74, 6) is 2.32. The average molecular weight is 320 g/mol. The SMILES string of the molecule is Cc1cc(C)n2nc(/C=C/c3cccc(N4CCCC4)n3)nc2n1. The number of anilines is 1.